The van der Waals surface area contributed by atoms with Gasteiger partial charge in [-0.1, -0.05) is 47.6 Å². The van der Waals surface area contributed by atoms with Crippen molar-refractivity contribution >= 4 is 47.6 Å². The summed E-state index contributed by atoms with van der Waals surface area (Å²) in [5, 5.41) is 31.4. The van der Waals surface area contributed by atoms with E-state index in [-0.39, 0.29) is 12.3 Å². The summed E-state index contributed by atoms with van der Waals surface area (Å²) in [4.78, 5) is 19.5. The van der Waals surface area contributed by atoms with Gasteiger partial charge in [0.2, 0.25) is 5.91 Å². The predicted molar refractivity (Wildman–Crippen MR) is 150 cm³/mol. The number of rotatable bonds is 7. The van der Waals surface area contributed by atoms with Crippen LogP contribution in [0.1, 0.15) is 42.2 Å². The van der Waals surface area contributed by atoms with Crippen molar-refractivity contribution in [1.29, 1.82) is 0 Å². The molecular weight excluding hydrogens is 521 g/mol. The minimum absolute atomic E-state index is 0.114. The van der Waals surface area contributed by atoms with Gasteiger partial charge in [-0.25, -0.2) is 0 Å². The fourth-order valence-electron chi connectivity index (χ4n) is 4.43. The summed E-state index contributed by atoms with van der Waals surface area (Å²) in [7, 11) is -1.54. The van der Waals surface area contributed by atoms with E-state index in [1.807, 2.05) is 66.9 Å². The highest BCUT2D eigenvalue weighted by molar-refractivity contribution is 7.99. The molecule has 3 N–H and O–H groups in total. The van der Waals surface area contributed by atoms with E-state index in [2.05, 4.69) is 15.5 Å². The maximum atomic E-state index is 12.6. The molecule has 0 unspecified atom stereocenters. The van der Waals surface area contributed by atoms with E-state index in [1.54, 1.807) is 18.2 Å². The lowest BCUT2D eigenvalue weighted by molar-refractivity contribution is -0.121. The highest BCUT2D eigenvalue weighted by Crippen LogP contribution is 2.36. The Balaban J connectivity index is 1.66. The third-order valence-corrected chi connectivity index (χ3v) is 7.39. The van der Waals surface area contributed by atoms with E-state index >= 15 is 0 Å². The maximum Gasteiger partial charge on any atom is 0.488 e. The third kappa shape index (κ3) is 5.39. The zero-order valence-electron chi connectivity index (χ0n) is 20.8. The molecule has 0 saturated carbocycles. The Morgan fingerprint density at radius 2 is 1.84 bits per heavy atom. The van der Waals surface area contributed by atoms with Crippen molar-refractivity contribution < 1.29 is 14.8 Å². The number of aryl methyl sites for hydroxylation is 1. The van der Waals surface area contributed by atoms with Gasteiger partial charge < -0.3 is 15.4 Å². The minimum Gasteiger partial charge on any atom is -0.423 e. The van der Waals surface area contributed by atoms with Crippen LogP contribution in [0.3, 0.4) is 0 Å². The zero-order valence-corrected chi connectivity index (χ0v) is 22.4. The van der Waals surface area contributed by atoms with Crippen LogP contribution < -0.4 is 10.8 Å². The van der Waals surface area contributed by atoms with Crippen molar-refractivity contribution in [1.82, 2.24) is 20.1 Å². The summed E-state index contributed by atoms with van der Waals surface area (Å²) in [6.07, 6.45) is 0.134. The van der Waals surface area contributed by atoms with Crippen molar-refractivity contribution in [3.8, 4) is 5.69 Å². The summed E-state index contributed by atoms with van der Waals surface area (Å²) in [6, 6.07) is 20.1. The zero-order chi connectivity index (χ0) is 26.8. The number of carbonyl (C=O) groups is 1. The monoisotopic (exact) mass is 545 g/mol. The second-order valence-corrected chi connectivity index (χ2v) is 10.4. The van der Waals surface area contributed by atoms with Crippen molar-refractivity contribution in [3.05, 3.63) is 94.5 Å². The molecule has 0 radical (unpaired) electrons. The molecule has 3 aromatic carbocycles. The van der Waals surface area contributed by atoms with Gasteiger partial charge in [0, 0.05) is 32.5 Å². The number of nitrogens with zero attached hydrogens (tertiary/aromatic N) is 4. The number of halogens is 1. The van der Waals surface area contributed by atoms with Crippen LogP contribution in [0, 0.1) is 6.92 Å². The number of aliphatic imine (C=N–C) groups is 1. The van der Waals surface area contributed by atoms with Gasteiger partial charge in [-0.2, -0.15) is 0 Å². The lowest BCUT2D eigenvalue weighted by Gasteiger charge is -2.14. The van der Waals surface area contributed by atoms with E-state index in [4.69, 9.17) is 16.6 Å². The second-order valence-electron chi connectivity index (χ2n) is 8.83. The van der Waals surface area contributed by atoms with Gasteiger partial charge >= 0.3 is 7.12 Å². The molecule has 1 atom stereocenters. The molecule has 0 fully saturated rings. The number of hydrogen-bond acceptors (Lipinski definition) is 7. The quantitative estimate of drug-likeness (QED) is 0.307. The van der Waals surface area contributed by atoms with Gasteiger partial charge in [-0.05, 0) is 61.8 Å². The Hall–Kier alpha value is -3.44. The number of aromatic nitrogens is 3. The summed E-state index contributed by atoms with van der Waals surface area (Å²) in [5.74, 6) is 1.18. The van der Waals surface area contributed by atoms with E-state index in [9.17, 15) is 14.8 Å². The van der Waals surface area contributed by atoms with Crippen LogP contribution >= 0.6 is 23.4 Å². The molecule has 0 spiro atoms. The standard InChI is InChI=1S/C27H25BClN5O3S/c1-3-30-25(35)15-23-27-33-32-16(2)34(27)24-12-11-21(38-20-6-4-5-18(13-20)28(36)37)14-22(24)26(31-23)17-7-9-19(29)10-8-17/h4-14,23,36-37H,3,15H2,1-2H3,(H,30,35)/t23-/m0/s1. The van der Waals surface area contributed by atoms with Crippen molar-refractivity contribution in [2.24, 2.45) is 4.99 Å². The number of nitrogens with one attached hydrogen (secondary N) is 1. The van der Waals surface area contributed by atoms with Gasteiger partial charge in [-0.15, -0.1) is 10.2 Å². The molecule has 1 amide bonds. The van der Waals surface area contributed by atoms with Gasteiger partial charge in [0.15, 0.2) is 5.82 Å². The fraction of sp³-hybridized carbons (Fsp3) is 0.185. The molecule has 4 aromatic rings. The van der Waals surface area contributed by atoms with E-state index in [1.165, 1.54) is 11.8 Å². The Bertz CT molecular complexity index is 1520. The lowest BCUT2D eigenvalue weighted by atomic mass is 9.80. The second kappa shape index (κ2) is 11.1. The molecule has 0 bridgehead atoms. The Labute approximate surface area is 229 Å². The number of benzene rings is 3. The number of amides is 1. The van der Waals surface area contributed by atoms with E-state index in [0.29, 0.717) is 28.7 Å². The minimum atomic E-state index is -1.54. The highest BCUT2D eigenvalue weighted by atomic mass is 35.5. The largest absolute Gasteiger partial charge is 0.488 e. The smallest absolute Gasteiger partial charge is 0.423 e. The molecule has 8 nitrogen and oxygen atoms in total. The van der Waals surface area contributed by atoms with Crippen LogP contribution in [-0.4, -0.2) is 50.1 Å². The SMILES string of the molecule is CCNC(=O)C[C@@H]1N=C(c2ccc(Cl)cc2)c2cc(Sc3cccc(B(O)O)c3)ccc2-n2c(C)nnc21. The van der Waals surface area contributed by atoms with Crippen molar-refractivity contribution in [2.45, 2.75) is 36.1 Å². The fourth-order valence-corrected chi connectivity index (χ4v) is 5.49. The number of carbonyl (C=O) groups excluding carboxylic acids is 1. The maximum absolute atomic E-state index is 12.6. The van der Waals surface area contributed by atoms with Gasteiger partial charge in [0.1, 0.15) is 11.9 Å². The molecular formula is C27H25BClN5O3S. The van der Waals surface area contributed by atoms with Crippen molar-refractivity contribution in [3.63, 3.8) is 0 Å². The molecule has 1 aliphatic rings. The van der Waals surface area contributed by atoms with Crippen LogP contribution in [0.25, 0.3) is 5.69 Å². The molecule has 1 aliphatic heterocycles. The molecule has 0 aliphatic carbocycles. The van der Waals surface area contributed by atoms with Gasteiger partial charge in [0.25, 0.3) is 0 Å². The van der Waals surface area contributed by atoms with Crippen LogP contribution in [0.15, 0.2) is 81.5 Å². The molecule has 38 heavy (non-hydrogen) atoms. The van der Waals surface area contributed by atoms with Crippen molar-refractivity contribution in [2.75, 3.05) is 6.54 Å². The molecule has 1 aromatic heterocycles. The summed E-state index contributed by atoms with van der Waals surface area (Å²) in [6.45, 7) is 4.29. The van der Waals surface area contributed by atoms with Crippen LogP contribution in [0.2, 0.25) is 5.02 Å². The molecule has 2 heterocycles. The molecule has 11 heteroatoms. The number of hydrogen-bond donors (Lipinski definition) is 3. The van der Waals surface area contributed by atoms with Crippen LogP contribution in [0.4, 0.5) is 0 Å². The molecule has 192 valence electrons. The summed E-state index contributed by atoms with van der Waals surface area (Å²) < 4.78 is 1.96. The lowest BCUT2D eigenvalue weighted by Crippen LogP contribution is -2.29. The van der Waals surface area contributed by atoms with E-state index < -0.39 is 13.2 Å². The average Bonchev–Trinajstić information content (AvgIpc) is 3.22. The predicted octanol–water partition coefficient (Wildman–Crippen LogP) is 3.48. The first-order chi connectivity index (χ1) is 18.3. The van der Waals surface area contributed by atoms with Crippen LogP contribution in [-0.2, 0) is 4.79 Å². The topological polar surface area (TPSA) is 113 Å². The number of fused-ring (bicyclic) bond motifs is 3. The third-order valence-electron chi connectivity index (χ3n) is 6.16. The first-order valence-corrected chi connectivity index (χ1v) is 13.3. The summed E-state index contributed by atoms with van der Waals surface area (Å²) >= 11 is 7.69. The molecule has 0 saturated heterocycles. The van der Waals surface area contributed by atoms with Gasteiger partial charge in [-0.3, -0.25) is 14.4 Å². The molecule has 5 rings (SSSR count). The first kappa shape index (κ1) is 26.2. The van der Waals surface area contributed by atoms with Crippen LogP contribution in [0.5, 0.6) is 0 Å². The van der Waals surface area contributed by atoms with E-state index in [0.717, 1.165) is 32.3 Å². The summed E-state index contributed by atoms with van der Waals surface area (Å²) in [5.41, 5.74) is 3.72. The Morgan fingerprint density at radius 3 is 2.58 bits per heavy atom. The highest BCUT2D eigenvalue weighted by Gasteiger charge is 2.30. The first-order valence-electron chi connectivity index (χ1n) is 12.1. The Morgan fingerprint density at radius 1 is 1.08 bits per heavy atom. The van der Waals surface area contributed by atoms with Gasteiger partial charge in [0.05, 0.1) is 17.8 Å². The Kier molecular flexibility index (Phi) is 7.67. The average molecular weight is 546 g/mol. The normalized spacial score (nSPS) is 14.2.